The van der Waals surface area contributed by atoms with Crippen LogP contribution in [0.5, 0.6) is 0 Å². The number of ether oxygens (including phenoxy) is 1. The molecule has 0 aromatic heterocycles. The molecule has 0 aliphatic carbocycles. The predicted octanol–water partition coefficient (Wildman–Crippen LogP) is 3.51. The molecular weight excluding hydrogens is 284 g/mol. The molecule has 0 saturated carbocycles. The van der Waals surface area contributed by atoms with E-state index in [0.717, 1.165) is 38.9 Å². The Hall–Kier alpha value is -0.420. The molecule has 1 aliphatic heterocycles. The molecule has 1 aliphatic rings. The summed E-state index contributed by atoms with van der Waals surface area (Å²) in [5.41, 5.74) is -0.403. The van der Waals surface area contributed by atoms with Crippen molar-refractivity contribution in [1.82, 2.24) is 10.2 Å². The van der Waals surface area contributed by atoms with Crippen LogP contribution in [0.15, 0.2) is 0 Å². The van der Waals surface area contributed by atoms with Crippen molar-refractivity contribution in [1.29, 1.82) is 0 Å². The van der Waals surface area contributed by atoms with Crippen LogP contribution in [0.1, 0.15) is 53.4 Å². The molecule has 1 rings (SSSR count). The first kappa shape index (κ1) is 18.6. The number of nitrogens with one attached hydrogen (secondary N) is 1. The van der Waals surface area contributed by atoms with Gasteiger partial charge >= 0.3 is 6.09 Å². The first-order chi connectivity index (χ1) is 9.94. The summed E-state index contributed by atoms with van der Waals surface area (Å²) in [5.74, 6) is 2.43. The SMILES string of the molecule is CCSCCCNCCC1CCCN1C(=O)OC(C)(C)C. The molecule has 1 heterocycles. The van der Waals surface area contributed by atoms with Gasteiger partial charge in [-0.1, -0.05) is 6.92 Å². The van der Waals surface area contributed by atoms with E-state index in [-0.39, 0.29) is 6.09 Å². The Morgan fingerprint density at radius 2 is 2.14 bits per heavy atom. The molecule has 1 fully saturated rings. The summed E-state index contributed by atoms with van der Waals surface area (Å²) < 4.78 is 5.49. The highest BCUT2D eigenvalue weighted by atomic mass is 32.2. The highest BCUT2D eigenvalue weighted by Gasteiger charge is 2.31. The zero-order valence-corrected chi connectivity index (χ0v) is 14.9. The second kappa shape index (κ2) is 9.57. The van der Waals surface area contributed by atoms with Gasteiger partial charge in [0.25, 0.3) is 0 Å². The summed E-state index contributed by atoms with van der Waals surface area (Å²) in [4.78, 5) is 14.1. The number of carbonyl (C=O) groups excluding carboxylic acids is 1. The average Bonchev–Trinajstić information content (AvgIpc) is 2.84. The van der Waals surface area contributed by atoms with Gasteiger partial charge in [0.2, 0.25) is 0 Å². The summed E-state index contributed by atoms with van der Waals surface area (Å²) in [6, 6.07) is 0.345. The van der Waals surface area contributed by atoms with Crippen molar-refractivity contribution in [3.63, 3.8) is 0 Å². The van der Waals surface area contributed by atoms with Crippen LogP contribution in [0, 0.1) is 0 Å². The van der Waals surface area contributed by atoms with E-state index >= 15 is 0 Å². The largest absolute Gasteiger partial charge is 0.444 e. The second-order valence-electron chi connectivity index (χ2n) is 6.56. The maximum absolute atomic E-state index is 12.2. The van der Waals surface area contributed by atoms with Crippen LogP contribution in [0.3, 0.4) is 0 Å². The van der Waals surface area contributed by atoms with E-state index in [1.54, 1.807) is 0 Å². The molecule has 21 heavy (non-hydrogen) atoms. The normalized spacial score (nSPS) is 19.0. The lowest BCUT2D eigenvalue weighted by Gasteiger charge is -2.28. The minimum absolute atomic E-state index is 0.149. The van der Waals surface area contributed by atoms with E-state index in [4.69, 9.17) is 4.74 Å². The Labute approximate surface area is 134 Å². The Balaban J connectivity index is 2.20. The van der Waals surface area contributed by atoms with E-state index in [1.807, 2.05) is 37.4 Å². The minimum Gasteiger partial charge on any atom is -0.444 e. The van der Waals surface area contributed by atoms with Crippen LogP contribution < -0.4 is 5.32 Å². The Morgan fingerprint density at radius 3 is 2.81 bits per heavy atom. The van der Waals surface area contributed by atoms with Gasteiger partial charge in [0.15, 0.2) is 0 Å². The zero-order valence-electron chi connectivity index (χ0n) is 14.1. The fourth-order valence-corrected chi connectivity index (χ4v) is 3.17. The highest BCUT2D eigenvalue weighted by Crippen LogP contribution is 2.22. The number of carbonyl (C=O) groups is 1. The third kappa shape index (κ3) is 7.96. The van der Waals surface area contributed by atoms with Crippen LogP contribution in [0.25, 0.3) is 0 Å². The predicted molar refractivity (Wildman–Crippen MR) is 91.1 cm³/mol. The molecule has 1 amide bonds. The number of thioether (sulfide) groups is 1. The zero-order chi connectivity index (χ0) is 15.7. The third-order valence-corrected chi connectivity index (χ3v) is 4.49. The number of nitrogens with zero attached hydrogens (tertiary/aromatic N) is 1. The van der Waals surface area contributed by atoms with Crippen molar-refractivity contribution < 1.29 is 9.53 Å². The number of amides is 1. The average molecular weight is 317 g/mol. The van der Waals surface area contributed by atoms with Gasteiger partial charge in [-0.25, -0.2) is 4.79 Å². The number of hydrogen-bond donors (Lipinski definition) is 1. The van der Waals surface area contributed by atoms with E-state index < -0.39 is 5.60 Å². The van der Waals surface area contributed by atoms with Crippen LogP contribution in [-0.2, 0) is 4.74 Å². The molecule has 1 N–H and O–H groups in total. The molecule has 5 heteroatoms. The maximum Gasteiger partial charge on any atom is 0.410 e. The van der Waals surface area contributed by atoms with Gasteiger partial charge in [-0.05, 0) is 71.0 Å². The Kier molecular flexibility index (Phi) is 8.49. The quantitative estimate of drug-likeness (QED) is 0.696. The van der Waals surface area contributed by atoms with E-state index in [1.165, 1.54) is 17.9 Å². The molecule has 0 aromatic carbocycles. The van der Waals surface area contributed by atoms with Crippen LogP contribution in [-0.4, -0.2) is 53.8 Å². The fraction of sp³-hybridized carbons (Fsp3) is 0.938. The maximum atomic E-state index is 12.2. The molecule has 4 nitrogen and oxygen atoms in total. The standard InChI is InChI=1S/C16H32N2O2S/c1-5-21-13-7-10-17-11-9-14-8-6-12-18(14)15(19)20-16(2,3)4/h14,17H,5-13H2,1-4H3. The van der Waals surface area contributed by atoms with Gasteiger partial charge in [0.05, 0.1) is 0 Å². The van der Waals surface area contributed by atoms with Crippen LogP contribution in [0.4, 0.5) is 4.79 Å². The lowest BCUT2D eigenvalue weighted by molar-refractivity contribution is 0.0221. The fourth-order valence-electron chi connectivity index (χ4n) is 2.53. The van der Waals surface area contributed by atoms with Gasteiger partial charge in [-0.15, -0.1) is 0 Å². The molecule has 0 bridgehead atoms. The van der Waals surface area contributed by atoms with Gasteiger partial charge in [-0.3, -0.25) is 0 Å². The molecule has 1 atom stereocenters. The monoisotopic (exact) mass is 316 g/mol. The van der Waals surface area contributed by atoms with Crippen molar-refractivity contribution in [3.05, 3.63) is 0 Å². The van der Waals surface area contributed by atoms with Crippen molar-refractivity contribution >= 4 is 17.9 Å². The van der Waals surface area contributed by atoms with Crippen molar-refractivity contribution in [2.24, 2.45) is 0 Å². The molecule has 0 aromatic rings. The van der Waals surface area contributed by atoms with Crippen molar-refractivity contribution in [2.75, 3.05) is 31.1 Å². The van der Waals surface area contributed by atoms with E-state index in [9.17, 15) is 4.79 Å². The van der Waals surface area contributed by atoms with Gasteiger partial charge in [0.1, 0.15) is 5.60 Å². The van der Waals surface area contributed by atoms with Gasteiger partial charge in [-0.2, -0.15) is 11.8 Å². The highest BCUT2D eigenvalue weighted by molar-refractivity contribution is 7.99. The van der Waals surface area contributed by atoms with Crippen molar-refractivity contribution in [3.8, 4) is 0 Å². The topological polar surface area (TPSA) is 41.6 Å². The third-order valence-electron chi connectivity index (χ3n) is 3.51. The summed E-state index contributed by atoms with van der Waals surface area (Å²) in [6.45, 7) is 10.9. The Bertz CT molecular complexity index is 305. The summed E-state index contributed by atoms with van der Waals surface area (Å²) >= 11 is 1.99. The van der Waals surface area contributed by atoms with Crippen molar-refractivity contribution in [2.45, 2.75) is 65.0 Å². The molecular formula is C16H32N2O2S. The molecule has 0 radical (unpaired) electrons. The number of hydrogen-bond acceptors (Lipinski definition) is 4. The lowest BCUT2D eigenvalue weighted by Crippen LogP contribution is -2.40. The molecule has 124 valence electrons. The number of likely N-dealkylation sites (tertiary alicyclic amines) is 1. The molecule has 1 saturated heterocycles. The lowest BCUT2D eigenvalue weighted by atomic mass is 10.1. The summed E-state index contributed by atoms with van der Waals surface area (Å²) in [6.07, 6.45) is 4.30. The molecule has 1 unspecified atom stereocenters. The first-order valence-electron chi connectivity index (χ1n) is 8.22. The van der Waals surface area contributed by atoms with Gasteiger partial charge < -0.3 is 15.0 Å². The first-order valence-corrected chi connectivity index (χ1v) is 9.37. The minimum atomic E-state index is -0.403. The summed E-state index contributed by atoms with van der Waals surface area (Å²) in [7, 11) is 0. The van der Waals surface area contributed by atoms with Gasteiger partial charge in [0, 0.05) is 12.6 Å². The second-order valence-corrected chi connectivity index (χ2v) is 7.95. The Morgan fingerprint density at radius 1 is 1.38 bits per heavy atom. The van der Waals surface area contributed by atoms with E-state index in [0.29, 0.717) is 6.04 Å². The van der Waals surface area contributed by atoms with Crippen LogP contribution in [0.2, 0.25) is 0 Å². The number of rotatable bonds is 8. The van der Waals surface area contributed by atoms with Crippen LogP contribution >= 0.6 is 11.8 Å². The summed E-state index contributed by atoms with van der Waals surface area (Å²) in [5, 5.41) is 3.49. The smallest absolute Gasteiger partial charge is 0.410 e. The van der Waals surface area contributed by atoms with E-state index in [2.05, 4.69) is 12.2 Å². The molecule has 0 spiro atoms.